The first kappa shape index (κ1) is 19.1. The van der Waals surface area contributed by atoms with Crippen LogP contribution in [0.5, 0.6) is 0 Å². The van der Waals surface area contributed by atoms with E-state index in [-0.39, 0.29) is 18.2 Å². The molecule has 3 rings (SSSR count). The van der Waals surface area contributed by atoms with E-state index in [9.17, 15) is 9.59 Å². The Morgan fingerprint density at radius 3 is 2.41 bits per heavy atom. The first-order chi connectivity index (χ1) is 13.0. The first-order valence-electron chi connectivity index (χ1n) is 8.32. The first-order valence-corrected chi connectivity index (χ1v) is 10.2. The molecule has 1 heterocycles. The number of nitrogens with one attached hydrogen (secondary N) is 1. The lowest BCUT2D eigenvalue weighted by molar-refractivity contribution is -0.117. The molecule has 1 aromatic heterocycles. The molecule has 2 aromatic carbocycles. The normalized spacial score (nSPS) is 10.6. The minimum atomic E-state index is -0.380. The average molecular weight is 398 g/mol. The topological polar surface area (TPSA) is 85.1 Å². The van der Waals surface area contributed by atoms with Gasteiger partial charge in [-0.15, -0.1) is 23.1 Å². The predicted molar refractivity (Wildman–Crippen MR) is 110 cm³/mol. The maximum Gasteiger partial charge on any atom is 0.255 e. The molecule has 0 aliphatic carbocycles. The Labute approximate surface area is 166 Å². The molecule has 0 unspecified atom stereocenters. The summed E-state index contributed by atoms with van der Waals surface area (Å²) in [6.45, 7) is 2.00. The van der Waals surface area contributed by atoms with Gasteiger partial charge in [-0.3, -0.25) is 9.59 Å². The van der Waals surface area contributed by atoms with Gasteiger partial charge in [0.15, 0.2) is 0 Å². The van der Waals surface area contributed by atoms with Gasteiger partial charge >= 0.3 is 0 Å². The van der Waals surface area contributed by atoms with E-state index in [0.717, 1.165) is 26.9 Å². The van der Waals surface area contributed by atoms with Crippen molar-refractivity contribution in [3.05, 3.63) is 75.7 Å². The highest BCUT2D eigenvalue weighted by molar-refractivity contribution is 7.98. The summed E-state index contributed by atoms with van der Waals surface area (Å²) in [5, 5.41) is 5.99. The summed E-state index contributed by atoms with van der Waals surface area (Å²) in [5.41, 5.74) is 8.32. The van der Waals surface area contributed by atoms with E-state index in [1.54, 1.807) is 47.4 Å². The van der Waals surface area contributed by atoms with Crippen LogP contribution in [-0.2, 0) is 17.0 Å². The Balaban J connectivity index is 1.56. The lowest BCUT2D eigenvalue weighted by Gasteiger charge is -2.07. The van der Waals surface area contributed by atoms with Gasteiger partial charge in [0.05, 0.1) is 17.1 Å². The van der Waals surface area contributed by atoms with Crippen LogP contribution in [0.15, 0.2) is 58.8 Å². The highest BCUT2D eigenvalue weighted by Crippen LogP contribution is 2.24. The molecule has 138 valence electrons. The molecule has 5 nitrogen and oxygen atoms in total. The number of carbonyl (C=O) groups excluding carboxylic acids is 2. The summed E-state index contributed by atoms with van der Waals surface area (Å²) in [6.07, 6.45) is 0.188. The van der Waals surface area contributed by atoms with E-state index in [1.807, 2.05) is 31.2 Å². The van der Waals surface area contributed by atoms with Crippen molar-refractivity contribution in [2.24, 2.45) is 5.73 Å². The molecule has 0 atom stereocenters. The van der Waals surface area contributed by atoms with E-state index in [4.69, 9.17) is 5.73 Å². The van der Waals surface area contributed by atoms with Crippen LogP contribution in [0.1, 0.15) is 26.6 Å². The molecule has 0 saturated heterocycles. The highest BCUT2D eigenvalue weighted by Gasteiger charge is 2.07. The molecule has 0 radical (unpaired) electrons. The van der Waals surface area contributed by atoms with Gasteiger partial charge in [-0.2, -0.15) is 0 Å². The number of primary amides is 1. The summed E-state index contributed by atoms with van der Waals surface area (Å²) in [4.78, 5) is 28.8. The summed E-state index contributed by atoms with van der Waals surface area (Å²) in [5.74, 6) is 0.257. The summed E-state index contributed by atoms with van der Waals surface area (Å²) in [6, 6.07) is 14.6. The van der Waals surface area contributed by atoms with Crippen molar-refractivity contribution < 1.29 is 9.59 Å². The monoisotopic (exact) mass is 397 g/mol. The van der Waals surface area contributed by atoms with E-state index in [0.29, 0.717) is 11.3 Å². The Bertz CT molecular complexity index is 935. The Kier molecular flexibility index (Phi) is 6.26. The minimum Gasteiger partial charge on any atom is -0.369 e. The second-order valence-electron chi connectivity index (χ2n) is 5.97. The van der Waals surface area contributed by atoms with Gasteiger partial charge in [-0.1, -0.05) is 12.1 Å². The van der Waals surface area contributed by atoms with Gasteiger partial charge in [0.25, 0.3) is 5.91 Å². The number of aryl methyl sites for hydroxylation is 1. The maximum absolute atomic E-state index is 12.4. The van der Waals surface area contributed by atoms with Crippen LogP contribution in [0.4, 0.5) is 5.69 Å². The predicted octanol–water partition coefficient (Wildman–Crippen LogP) is 4.02. The van der Waals surface area contributed by atoms with Crippen LogP contribution in [-0.4, -0.2) is 16.8 Å². The van der Waals surface area contributed by atoms with Crippen molar-refractivity contribution in [3.8, 4) is 0 Å². The summed E-state index contributed by atoms with van der Waals surface area (Å²) >= 11 is 3.34. The summed E-state index contributed by atoms with van der Waals surface area (Å²) in [7, 11) is 0. The molecule has 2 amide bonds. The smallest absolute Gasteiger partial charge is 0.255 e. The number of carbonyl (C=O) groups is 2. The molecule has 0 spiro atoms. The van der Waals surface area contributed by atoms with Crippen LogP contribution < -0.4 is 11.1 Å². The molecule has 0 saturated carbocycles. The number of nitrogens with two attached hydrogens (primary N) is 1. The number of rotatable bonds is 7. The number of benzene rings is 2. The van der Waals surface area contributed by atoms with Crippen LogP contribution >= 0.6 is 23.1 Å². The fourth-order valence-electron chi connectivity index (χ4n) is 2.44. The van der Waals surface area contributed by atoms with Crippen molar-refractivity contribution in [2.75, 3.05) is 5.32 Å². The van der Waals surface area contributed by atoms with Gasteiger partial charge < -0.3 is 11.1 Å². The van der Waals surface area contributed by atoms with Crippen molar-refractivity contribution in [1.82, 2.24) is 4.98 Å². The maximum atomic E-state index is 12.4. The fraction of sp³-hybridized carbons (Fsp3) is 0.150. The number of thioether (sulfide) groups is 1. The molecule has 7 heteroatoms. The van der Waals surface area contributed by atoms with Crippen LogP contribution in [0.3, 0.4) is 0 Å². The van der Waals surface area contributed by atoms with Crippen molar-refractivity contribution in [2.45, 2.75) is 24.0 Å². The second-order valence-corrected chi connectivity index (χ2v) is 8.08. The summed E-state index contributed by atoms with van der Waals surface area (Å²) < 4.78 is 0. The van der Waals surface area contributed by atoms with E-state index in [1.165, 1.54) is 0 Å². The van der Waals surface area contributed by atoms with Gasteiger partial charge in [0.1, 0.15) is 0 Å². The largest absolute Gasteiger partial charge is 0.369 e. The van der Waals surface area contributed by atoms with Gasteiger partial charge in [-0.25, -0.2) is 4.98 Å². The standard InChI is InChI=1S/C20H19N3O2S2/c1-13-22-17(11-26-13)12-27-18-8-4-15(5-9-18)20(25)23-16-6-2-14(3-7-16)10-19(21)24/h2-9,11H,10,12H2,1H3,(H2,21,24)(H,23,25). The quantitative estimate of drug-likeness (QED) is 0.590. The van der Waals surface area contributed by atoms with Crippen LogP contribution in [0.2, 0.25) is 0 Å². The van der Waals surface area contributed by atoms with Crippen molar-refractivity contribution >= 4 is 40.6 Å². The SMILES string of the molecule is Cc1nc(CSc2ccc(C(=O)Nc3ccc(CC(N)=O)cc3)cc2)cs1. The molecule has 3 N–H and O–H groups in total. The van der Waals surface area contributed by atoms with Crippen molar-refractivity contribution in [1.29, 1.82) is 0 Å². The third-order valence-electron chi connectivity index (χ3n) is 3.76. The third-order valence-corrected chi connectivity index (χ3v) is 5.63. The van der Waals surface area contributed by atoms with Gasteiger partial charge in [0, 0.05) is 27.3 Å². The Morgan fingerprint density at radius 1 is 1.11 bits per heavy atom. The molecule has 0 aliphatic heterocycles. The zero-order valence-electron chi connectivity index (χ0n) is 14.8. The third kappa shape index (κ3) is 5.67. The van der Waals surface area contributed by atoms with E-state index in [2.05, 4.69) is 15.7 Å². The van der Waals surface area contributed by atoms with E-state index >= 15 is 0 Å². The number of hydrogen-bond acceptors (Lipinski definition) is 5. The number of amides is 2. The number of anilines is 1. The lowest BCUT2D eigenvalue weighted by Crippen LogP contribution is -2.14. The highest BCUT2D eigenvalue weighted by atomic mass is 32.2. The molecule has 0 aliphatic rings. The van der Waals surface area contributed by atoms with Crippen LogP contribution in [0, 0.1) is 6.92 Å². The van der Waals surface area contributed by atoms with Gasteiger partial charge in [0.2, 0.25) is 5.91 Å². The molecule has 27 heavy (non-hydrogen) atoms. The zero-order valence-corrected chi connectivity index (χ0v) is 16.4. The number of hydrogen-bond donors (Lipinski definition) is 2. The number of nitrogens with zero attached hydrogens (tertiary/aromatic N) is 1. The molecular formula is C20H19N3O2S2. The Hall–Kier alpha value is -2.64. The van der Waals surface area contributed by atoms with Crippen LogP contribution in [0.25, 0.3) is 0 Å². The van der Waals surface area contributed by atoms with Crippen molar-refractivity contribution in [3.63, 3.8) is 0 Å². The average Bonchev–Trinajstić information content (AvgIpc) is 3.07. The van der Waals surface area contributed by atoms with Gasteiger partial charge in [-0.05, 0) is 48.9 Å². The fourth-order valence-corrected chi connectivity index (χ4v) is 3.95. The minimum absolute atomic E-state index is 0.177. The number of aromatic nitrogens is 1. The molecule has 3 aromatic rings. The molecular weight excluding hydrogens is 378 g/mol. The zero-order chi connectivity index (χ0) is 19.2. The molecule has 0 fully saturated rings. The number of thiazole rings is 1. The molecule has 0 bridgehead atoms. The lowest BCUT2D eigenvalue weighted by atomic mass is 10.1. The second kappa shape index (κ2) is 8.83. The van der Waals surface area contributed by atoms with E-state index < -0.39 is 0 Å². The Morgan fingerprint density at radius 2 is 1.81 bits per heavy atom.